The fourth-order valence-electron chi connectivity index (χ4n) is 3.15. The lowest BCUT2D eigenvalue weighted by Crippen LogP contribution is -2.19. The number of nitrogens with one attached hydrogen (secondary N) is 2. The third-order valence-electron chi connectivity index (χ3n) is 4.91. The van der Waals surface area contributed by atoms with Crippen LogP contribution in [-0.4, -0.2) is 37.9 Å². The van der Waals surface area contributed by atoms with Crippen LogP contribution in [-0.2, 0) is 0 Å². The molecular formula is C19H25N7O. The molecule has 0 spiro atoms. The summed E-state index contributed by atoms with van der Waals surface area (Å²) >= 11 is 0. The van der Waals surface area contributed by atoms with E-state index in [4.69, 9.17) is 9.84 Å². The van der Waals surface area contributed by atoms with Gasteiger partial charge in [-0.15, -0.1) is 15.3 Å². The van der Waals surface area contributed by atoms with Crippen LogP contribution in [0.5, 0.6) is 5.88 Å². The highest BCUT2D eigenvalue weighted by Gasteiger charge is 2.30. The van der Waals surface area contributed by atoms with Gasteiger partial charge < -0.3 is 15.4 Å². The van der Waals surface area contributed by atoms with Crippen molar-refractivity contribution in [1.29, 1.82) is 0 Å². The topological polar surface area (TPSA) is 89.3 Å². The second-order valence-corrected chi connectivity index (χ2v) is 6.85. The predicted octanol–water partition coefficient (Wildman–Crippen LogP) is 3.75. The van der Waals surface area contributed by atoms with Gasteiger partial charge in [-0.3, -0.25) is 0 Å². The highest BCUT2D eigenvalue weighted by atomic mass is 16.5. The quantitative estimate of drug-likeness (QED) is 0.627. The van der Waals surface area contributed by atoms with Crippen LogP contribution in [0.4, 0.5) is 17.2 Å². The first-order chi connectivity index (χ1) is 13.2. The van der Waals surface area contributed by atoms with Crippen LogP contribution in [0.25, 0.3) is 5.65 Å². The lowest BCUT2D eigenvalue weighted by molar-refractivity contribution is 0.400. The van der Waals surface area contributed by atoms with Gasteiger partial charge in [-0.2, -0.15) is 4.52 Å². The van der Waals surface area contributed by atoms with Crippen molar-refractivity contribution in [2.24, 2.45) is 0 Å². The smallest absolute Gasteiger partial charge is 0.237 e. The fraction of sp³-hybridized carbons (Fsp3) is 0.474. The van der Waals surface area contributed by atoms with Crippen molar-refractivity contribution < 1.29 is 4.74 Å². The Kier molecular flexibility index (Phi) is 4.79. The maximum atomic E-state index is 5.36. The first-order valence-electron chi connectivity index (χ1n) is 9.52. The SMILES string of the molecule is CCC(CC)Nc1cc(Nc2cccnc2OC)c2nnc(C3CC3)n2n1. The highest BCUT2D eigenvalue weighted by Crippen LogP contribution is 2.39. The van der Waals surface area contributed by atoms with Crippen LogP contribution >= 0.6 is 0 Å². The van der Waals surface area contributed by atoms with Gasteiger partial charge in [0, 0.05) is 24.2 Å². The summed E-state index contributed by atoms with van der Waals surface area (Å²) in [7, 11) is 1.61. The Labute approximate surface area is 158 Å². The van der Waals surface area contributed by atoms with Crippen LogP contribution in [0.15, 0.2) is 24.4 Å². The van der Waals surface area contributed by atoms with Crippen molar-refractivity contribution >= 4 is 22.8 Å². The van der Waals surface area contributed by atoms with Crippen molar-refractivity contribution in [2.75, 3.05) is 17.7 Å². The Morgan fingerprint density at radius 2 is 2.04 bits per heavy atom. The molecule has 27 heavy (non-hydrogen) atoms. The number of aromatic nitrogens is 5. The zero-order valence-electron chi connectivity index (χ0n) is 15.9. The van der Waals surface area contributed by atoms with Crippen molar-refractivity contribution in [3.63, 3.8) is 0 Å². The molecule has 0 aliphatic heterocycles. The molecule has 1 aliphatic rings. The lowest BCUT2D eigenvalue weighted by atomic mass is 10.2. The third-order valence-corrected chi connectivity index (χ3v) is 4.91. The Morgan fingerprint density at radius 1 is 1.22 bits per heavy atom. The van der Waals surface area contributed by atoms with Crippen molar-refractivity contribution in [1.82, 2.24) is 24.8 Å². The van der Waals surface area contributed by atoms with Crippen molar-refractivity contribution in [3.8, 4) is 5.88 Å². The van der Waals surface area contributed by atoms with E-state index in [0.717, 1.165) is 48.7 Å². The van der Waals surface area contributed by atoms with Crippen LogP contribution < -0.4 is 15.4 Å². The Bertz CT molecular complexity index is 931. The number of rotatable bonds is 8. The molecule has 1 aliphatic carbocycles. The number of methoxy groups -OCH3 is 1. The molecule has 142 valence electrons. The normalized spacial score (nSPS) is 13.9. The van der Waals surface area contributed by atoms with Gasteiger partial charge in [0.15, 0.2) is 5.82 Å². The molecule has 0 saturated heterocycles. The van der Waals surface area contributed by atoms with Gasteiger partial charge in [-0.05, 0) is 37.8 Å². The molecule has 0 atom stereocenters. The lowest BCUT2D eigenvalue weighted by Gasteiger charge is -2.17. The molecule has 0 aromatic carbocycles. The minimum Gasteiger partial charge on any atom is -0.480 e. The molecule has 0 unspecified atom stereocenters. The van der Waals surface area contributed by atoms with E-state index in [2.05, 4.69) is 39.7 Å². The predicted molar refractivity (Wildman–Crippen MR) is 105 cm³/mol. The molecule has 1 saturated carbocycles. The van der Waals surface area contributed by atoms with Crippen LogP contribution in [0.3, 0.4) is 0 Å². The van der Waals surface area contributed by atoms with Gasteiger partial charge in [-0.25, -0.2) is 4.98 Å². The molecular weight excluding hydrogens is 342 g/mol. The first kappa shape index (κ1) is 17.5. The second kappa shape index (κ2) is 7.38. The van der Waals surface area contributed by atoms with E-state index in [-0.39, 0.29) is 0 Å². The van der Waals surface area contributed by atoms with E-state index in [1.807, 2.05) is 22.7 Å². The Hall–Kier alpha value is -2.90. The minimum atomic E-state index is 0.372. The molecule has 0 amide bonds. The van der Waals surface area contributed by atoms with E-state index >= 15 is 0 Å². The summed E-state index contributed by atoms with van der Waals surface area (Å²) in [5.74, 6) is 2.73. The monoisotopic (exact) mass is 367 g/mol. The minimum absolute atomic E-state index is 0.372. The fourth-order valence-corrected chi connectivity index (χ4v) is 3.15. The average molecular weight is 367 g/mol. The van der Waals surface area contributed by atoms with E-state index in [0.29, 0.717) is 23.5 Å². The number of hydrogen-bond donors (Lipinski definition) is 2. The summed E-state index contributed by atoms with van der Waals surface area (Å²) in [5, 5.41) is 20.5. The second-order valence-electron chi connectivity index (χ2n) is 6.85. The summed E-state index contributed by atoms with van der Waals surface area (Å²) in [6, 6.07) is 6.14. The third kappa shape index (κ3) is 3.51. The van der Waals surface area contributed by atoms with E-state index in [9.17, 15) is 0 Å². The Morgan fingerprint density at radius 3 is 2.74 bits per heavy atom. The largest absolute Gasteiger partial charge is 0.480 e. The number of anilines is 3. The zero-order chi connectivity index (χ0) is 18.8. The standard InChI is InChI=1S/C19H25N7O/c1-4-13(5-2)21-16-11-15(22-14-7-6-10-20-19(14)27-3)18-24-23-17(12-8-9-12)26(18)25-16/h6-7,10-13,22H,4-5,8-9H2,1-3H3,(H,21,25). The van der Waals surface area contributed by atoms with Gasteiger partial charge in [0.2, 0.25) is 11.5 Å². The summed E-state index contributed by atoms with van der Waals surface area (Å²) < 4.78 is 7.23. The van der Waals surface area contributed by atoms with Gasteiger partial charge >= 0.3 is 0 Å². The summed E-state index contributed by atoms with van der Waals surface area (Å²) in [6.45, 7) is 4.35. The van der Waals surface area contributed by atoms with Crippen molar-refractivity contribution in [2.45, 2.75) is 51.5 Å². The maximum absolute atomic E-state index is 5.36. The molecule has 2 N–H and O–H groups in total. The van der Waals surface area contributed by atoms with E-state index in [1.165, 1.54) is 0 Å². The molecule has 4 rings (SSSR count). The summed E-state index contributed by atoms with van der Waals surface area (Å²) in [4.78, 5) is 4.26. The number of pyridine rings is 1. The number of nitrogens with zero attached hydrogens (tertiary/aromatic N) is 5. The highest BCUT2D eigenvalue weighted by molar-refractivity contribution is 5.77. The number of fused-ring (bicyclic) bond motifs is 1. The first-order valence-corrected chi connectivity index (χ1v) is 9.52. The maximum Gasteiger partial charge on any atom is 0.237 e. The van der Waals surface area contributed by atoms with E-state index < -0.39 is 0 Å². The molecule has 8 heteroatoms. The molecule has 0 radical (unpaired) electrons. The number of ether oxygens (including phenoxy) is 1. The van der Waals surface area contributed by atoms with Crippen LogP contribution in [0.2, 0.25) is 0 Å². The van der Waals surface area contributed by atoms with Crippen molar-refractivity contribution in [3.05, 3.63) is 30.2 Å². The van der Waals surface area contributed by atoms with E-state index in [1.54, 1.807) is 13.3 Å². The van der Waals surface area contributed by atoms with Crippen LogP contribution in [0, 0.1) is 0 Å². The summed E-state index contributed by atoms with van der Waals surface area (Å²) in [6.07, 6.45) is 6.06. The number of hydrogen-bond acceptors (Lipinski definition) is 7. The molecule has 0 bridgehead atoms. The molecule has 8 nitrogen and oxygen atoms in total. The van der Waals surface area contributed by atoms with Gasteiger partial charge in [-0.1, -0.05) is 13.8 Å². The zero-order valence-corrected chi connectivity index (χ0v) is 15.9. The molecule has 3 heterocycles. The molecule has 3 aromatic rings. The Balaban J connectivity index is 1.77. The average Bonchev–Trinajstić information content (AvgIpc) is 3.45. The van der Waals surface area contributed by atoms with Gasteiger partial charge in [0.25, 0.3) is 0 Å². The van der Waals surface area contributed by atoms with Gasteiger partial charge in [0.1, 0.15) is 11.5 Å². The molecule has 3 aromatic heterocycles. The van der Waals surface area contributed by atoms with Gasteiger partial charge in [0.05, 0.1) is 12.8 Å². The van der Waals surface area contributed by atoms with Crippen LogP contribution in [0.1, 0.15) is 51.3 Å². The molecule has 1 fully saturated rings. The summed E-state index contributed by atoms with van der Waals surface area (Å²) in [5.41, 5.74) is 2.31.